The van der Waals surface area contributed by atoms with Crippen LogP contribution in [0.5, 0.6) is 5.88 Å². The summed E-state index contributed by atoms with van der Waals surface area (Å²) in [4.78, 5) is 15.1. The Hall–Kier alpha value is -1.29. The lowest BCUT2D eigenvalue weighted by Gasteiger charge is -2.06. The maximum absolute atomic E-state index is 11.2. The maximum atomic E-state index is 11.2. The van der Waals surface area contributed by atoms with E-state index in [2.05, 4.69) is 9.72 Å². The van der Waals surface area contributed by atoms with Crippen molar-refractivity contribution in [1.29, 1.82) is 0 Å². The standard InChI is InChI=1S/C9H10ClNO3/c1-3-14-8-6(9(12)13-2)4-5-7(10)11-8/h4-5H,3H2,1-2H3. The Morgan fingerprint density at radius 1 is 1.57 bits per heavy atom. The third-order valence-electron chi connectivity index (χ3n) is 1.51. The Morgan fingerprint density at radius 2 is 2.29 bits per heavy atom. The van der Waals surface area contributed by atoms with E-state index in [1.807, 2.05) is 0 Å². The average molecular weight is 216 g/mol. The van der Waals surface area contributed by atoms with Crippen molar-refractivity contribution in [3.05, 3.63) is 22.8 Å². The molecule has 1 heterocycles. The lowest BCUT2D eigenvalue weighted by atomic mass is 10.3. The molecule has 0 aliphatic rings. The van der Waals surface area contributed by atoms with Gasteiger partial charge in [0.2, 0.25) is 5.88 Å². The van der Waals surface area contributed by atoms with Gasteiger partial charge in [-0.3, -0.25) is 0 Å². The van der Waals surface area contributed by atoms with E-state index in [1.165, 1.54) is 19.2 Å². The number of ether oxygens (including phenoxy) is 2. The van der Waals surface area contributed by atoms with Gasteiger partial charge in [-0.25, -0.2) is 9.78 Å². The van der Waals surface area contributed by atoms with E-state index >= 15 is 0 Å². The summed E-state index contributed by atoms with van der Waals surface area (Å²) >= 11 is 5.66. The molecule has 0 radical (unpaired) electrons. The van der Waals surface area contributed by atoms with Crippen molar-refractivity contribution in [2.75, 3.05) is 13.7 Å². The van der Waals surface area contributed by atoms with Gasteiger partial charge in [0.15, 0.2) is 0 Å². The van der Waals surface area contributed by atoms with Crippen LogP contribution in [-0.4, -0.2) is 24.7 Å². The van der Waals surface area contributed by atoms with Gasteiger partial charge < -0.3 is 9.47 Å². The molecule has 0 atom stereocenters. The Labute approximate surface area is 86.8 Å². The highest BCUT2D eigenvalue weighted by atomic mass is 35.5. The first-order chi connectivity index (χ1) is 6.69. The number of halogens is 1. The van der Waals surface area contributed by atoms with Gasteiger partial charge in [0.25, 0.3) is 0 Å². The number of hydrogen-bond donors (Lipinski definition) is 0. The van der Waals surface area contributed by atoms with Gasteiger partial charge in [-0.05, 0) is 19.1 Å². The molecule has 0 saturated heterocycles. The van der Waals surface area contributed by atoms with Gasteiger partial charge in [-0.2, -0.15) is 0 Å². The van der Waals surface area contributed by atoms with Gasteiger partial charge in [-0.1, -0.05) is 11.6 Å². The Balaban J connectivity index is 3.07. The highest BCUT2D eigenvalue weighted by Crippen LogP contribution is 2.19. The van der Waals surface area contributed by atoms with E-state index in [0.717, 1.165) is 0 Å². The van der Waals surface area contributed by atoms with E-state index in [9.17, 15) is 4.79 Å². The lowest BCUT2D eigenvalue weighted by molar-refractivity contribution is 0.0595. The Bertz CT molecular complexity index is 341. The topological polar surface area (TPSA) is 48.4 Å². The largest absolute Gasteiger partial charge is 0.477 e. The van der Waals surface area contributed by atoms with Crippen LogP contribution in [-0.2, 0) is 4.74 Å². The fourth-order valence-corrected chi connectivity index (χ4v) is 1.07. The SMILES string of the molecule is CCOc1nc(Cl)ccc1C(=O)OC. The van der Waals surface area contributed by atoms with E-state index in [1.54, 1.807) is 6.92 Å². The van der Waals surface area contributed by atoms with Crippen molar-refractivity contribution in [2.24, 2.45) is 0 Å². The fourth-order valence-electron chi connectivity index (χ4n) is 0.930. The Kier molecular flexibility index (Phi) is 3.71. The zero-order chi connectivity index (χ0) is 10.6. The van der Waals surface area contributed by atoms with Crippen LogP contribution in [0.25, 0.3) is 0 Å². The number of methoxy groups -OCH3 is 1. The van der Waals surface area contributed by atoms with Crippen LogP contribution in [0.1, 0.15) is 17.3 Å². The first-order valence-electron chi connectivity index (χ1n) is 4.06. The van der Waals surface area contributed by atoms with Crippen molar-refractivity contribution in [1.82, 2.24) is 4.98 Å². The van der Waals surface area contributed by atoms with Crippen molar-refractivity contribution in [3.8, 4) is 5.88 Å². The summed E-state index contributed by atoms with van der Waals surface area (Å²) in [5, 5.41) is 0.279. The minimum atomic E-state index is -0.488. The molecule has 0 N–H and O–H groups in total. The average Bonchev–Trinajstić information content (AvgIpc) is 2.17. The van der Waals surface area contributed by atoms with E-state index in [4.69, 9.17) is 16.3 Å². The molecule has 0 aliphatic heterocycles. The fraction of sp³-hybridized carbons (Fsp3) is 0.333. The van der Waals surface area contributed by atoms with Crippen LogP contribution in [0.4, 0.5) is 0 Å². The molecule has 0 spiro atoms. The van der Waals surface area contributed by atoms with Crippen molar-refractivity contribution in [2.45, 2.75) is 6.92 Å². The van der Waals surface area contributed by atoms with Gasteiger partial charge in [0.1, 0.15) is 10.7 Å². The zero-order valence-electron chi connectivity index (χ0n) is 7.91. The normalized spacial score (nSPS) is 9.64. The molecule has 76 valence electrons. The number of aromatic nitrogens is 1. The molecule has 1 rings (SSSR count). The second-order valence-corrected chi connectivity index (χ2v) is 2.80. The summed E-state index contributed by atoms with van der Waals surface area (Å²) in [6.07, 6.45) is 0. The number of pyridine rings is 1. The minimum absolute atomic E-state index is 0.201. The van der Waals surface area contributed by atoms with Crippen LogP contribution >= 0.6 is 11.6 Å². The molecule has 0 saturated carbocycles. The van der Waals surface area contributed by atoms with Crippen LogP contribution in [0.2, 0.25) is 5.15 Å². The highest BCUT2D eigenvalue weighted by Gasteiger charge is 2.14. The number of hydrogen-bond acceptors (Lipinski definition) is 4. The molecular weight excluding hydrogens is 206 g/mol. The second kappa shape index (κ2) is 4.81. The monoisotopic (exact) mass is 215 g/mol. The molecule has 0 amide bonds. The van der Waals surface area contributed by atoms with Crippen LogP contribution in [0, 0.1) is 0 Å². The summed E-state index contributed by atoms with van der Waals surface area (Å²) < 4.78 is 9.71. The highest BCUT2D eigenvalue weighted by molar-refractivity contribution is 6.29. The lowest BCUT2D eigenvalue weighted by Crippen LogP contribution is -2.07. The molecule has 4 nitrogen and oxygen atoms in total. The third-order valence-corrected chi connectivity index (χ3v) is 1.72. The zero-order valence-corrected chi connectivity index (χ0v) is 8.67. The number of esters is 1. The number of nitrogens with zero attached hydrogens (tertiary/aromatic N) is 1. The van der Waals surface area contributed by atoms with Crippen molar-refractivity contribution < 1.29 is 14.3 Å². The molecular formula is C9H10ClNO3. The smallest absolute Gasteiger partial charge is 0.343 e. The summed E-state index contributed by atoms with van der Waals surface area (Å²) in [6, 6.07) is 3.03. The number of carbonyl (C=O) groups is 1. The van der Waals surface area contributed by atoms with E-state index < -0.39 is 5.97 Å². The quantitative estimate of drug-likeness (QED) is 0.571. The van der Waals surface area contributed by atoms with Crippen LogP contribution in [0.3, 0.4) is 0 Å². The molecule has 5 heteroatoms. The van der Waals surface area contributed by atoms with Gasteiger partial charge in [0, 0.05) is 0 Å². The maximum Gasteiger partial charge on any atom is 0.343 e. The van der Waals surface area contributed by atoms with E-state index in [-0.39, 0.29) is 16.6 Å². The van der Waals surface area contributed by atoms with Gasteiger partial charge in [0.05, 0.1) is 13.7 Å². The van der Waals surface area contributed by atoms with Gasteiger partial charge >= 0.3 is 5.97 Å². The van der Waals surface area contributed by atoms with Crippen molar-refractivity contribution >= 4 is 17.6 Å². The number of rotatable bonds is 3. The molecule has 0 bridgehead atoms. The molecule has 0 aromatic carbocycles. The van der Waals surface area contributed by atoms with E-state index in [0.29, 0.717) is 6.61 Å². The summed E-state index contributed by atoms with van der Waals surface area (Å²) in [6.45, 7) is 2.21. The first-order valence-corrected chi connectivity index (χ1v) is 4.44. The predicted octanol–water partition coefficient (Wildman–Crippen LogP) is 1.92. The molecule has 0 unspecified atom stereocenters. The third kappa shape index (κ3) is 2.35. The molecule has 0 aliphatic carbocycles. The second-order valence-electron chi connectivity index (χ2n) is 2.41. The molecule has 14 heavy (non-hydrogen) atoms. The first kappa shape index (κ1) is 10.8. The Morgan fingerprint density at radius 3 is 2.86 bits per heavy atom. The molecule has 0 fully saturated rings. The minimum Gasteiger partial charge on any atom is -0.477 e. The van der Waals surface area contributed by atoms with Crippen molar-refractivity contribution in [3.63, 3.8) is 0 Å². The molecule has 1 aromatic rings. The van der Waals surface area contributed by atoms with Crippen LogP contribution in [0.15, 0.2) is 12.1 Å². The van der Waals surface area contributed by atoms with Crippen LogP contribution < -0.4 is 4.74 Å². The summed E-state index contributed by atoms with van der Waals surface area (Å²) in [5.74, 6) is -0.288. The number of carbonyl (C=O) groups excluding carboxylic acids is 1. The predicted molar refractivity (Wildman–Crippen MR) is 51.8 cm³/mol. The van der Waals surface area contributed by atoms with Gasteiger partial charge in [-0.15, -0.1) is 0 Å². The summed E-state index contributed by atoms with van der Waals surface area (Å²) in [5.41, 5.74) is 0.277. The molecule has 1 aromatic heterocycles. The summed E-state index contributed by atoms with van der Waals surface area (Å²) in [7, 11) is 1.30.